The summed E-state index contributed by atoms with van der Waals surface area (Å²) in [6.45, 7) is 16.4. The number of carboxylic acid groups (broad SMARTS) is 1. The summed E-state index contributed by atoms with van der Waals surface area (Å²) < 4.78 is 0. The summed E-state index contributed by atoms with van der Waals surface area (Å²) in [5.41, 5.74) is 14.6. The Morgan fingerprint density at radius 2 is 1.53 bits per heavy atom. The van der Waals surface area contributed by atoms with Gasteiger partial charge < -0.3 is 20.5 Å². The highest BCUT2D eigenvalue weighted by Gasteiger charge is 2.15. The zero-order chi connectivity index (χ0) is 23.0. The number of rotatable bonds is 11. The molecule has 1 aromatic carbocycles. The number of hydrogen-bond donors (Lipinski definition) is 1. The van der Waals surface area contributed by atoms with Crippen molar-refractivity contribution in [1.29, 1.82) is 0 Å². The second kappa shape index (κ2) is 12.2. The zero-order valence-corrected chi connectivity index (χ0v) is 21.0. The van der Waals surface area contributed by atoms with Gasteiger partial charge in [0, 0.05) is 25.0 Å². The summed E-state index contributed by atoms with van der Waals surface area (Å²) in [5, 5.41) is 10.7. The first-order valence-corrected chi connectivity index (χ1v) is 11.8. The average molecular weight is 433 g/mol. The van der Waals surface area contributed by atoms with Gasteiger partial charge in [-0.15, -0.1) is 0 Å². The largest absolute Gasteiger partial charge is 0.544 e. The minimum absolute atomic E-state index is 0.494. The summed E-state index contributed by atoms with van der Waals surface area (Å²) >= 11 is 1.59. The molecule has 0 fully saturated rings. The molecule has 0 aliphatic heterocycles. The average Bonchev–Trinajstić information content (AvgIpc) is 2.67. The molecule has 4 nitrogen and oxygen atoms in total. The number of nitrogens with zero attached hydrogens (tertiary/aromatic N) is 1. The summed E-state index contributed by atoms with van der Waals surface area (Å²) in [4.78, 5) is 13.0. The Kier molecular flexibility index (Phi) is 10.7. The van der Waals surface area contributed by atoms with E-state index in [0.29, 0.717) is 5.75 Å². The van der Waals surface area contributed by atoms with E-state index in [1.807, 2.05) is 0 Å². The van der Waals surface area contributed by atoms with E-state index in [1.165, 1.54) is 44.7 Å². The number of quaternary nitrogens is 1. The van der Waals surface area contributed by atoms with Crippen molar-refractivity contribution in [3.63, 3.8) is 0 Å². The number of carbonyl (C=O) groups is 1. The number of thioether (sulfide) groups is 1. The molecule has 5 heteroatoms. The third-order valence-corrected chi connectivity index (χ3v) is 7.10. The summed E-state index contributed by atoms with van der Waals surface area (Å²) in [5.74, 6) is 0.241. The maximum absolute atomic E-state index is 10.7. The number of benzene rings is 1. The fourth-order valence-corrected chi connectivity index (χ4v) is 4.66. The Hall–Kier alpha value is -1.72. The van der Waals surface area contributed by atoms with Gasteiger partial charge in [-0.3, -0.25) is 0 Å². The summed E-state index contributed by atoms with van der Waals surface area (Å²) in [6, 6.07) is -0.639. The Labute approximate surface area is 187 Å². The van der Waals surface area contributed by atoms with Gasteiger partial charge in [0.2, 0.25) is 0 Å². The second-order valence-electron chi connectivity index (χ2n) is 8.52. The van der Waals surface area contributed by atoms with Crippen LogP contribution in [-0.2, 0) is 4.79 Å². The van der Waals surface area contributed by atoms with Crippen LogP contribution in [0.4, 0.5) is 5.69 Å². The molecule has 30 heavy (non-hydrogen) atoms. The molecule has 0 aromatic heterocycles. The molecule has 3 N–H and O–H groups in total. The van der Waals surface area contributed by atoms with Crippen molar-refractivity contribution in [2.24, 2.45) is 0 Å². The lowest BCUT2D eigenvalue weighted by Crippen LogP contribution is -2.69. The molecule has 0 saturated carbocycles. The molecule has 1 atom stereocenters. The molecule has 168 valence electrons. The van der Waals surface area contributed by atoms with Gasteiger partial charge in [-0.1, -0.05) is 23.3 Å². The van der Waals surface area contributed by atoms with Crippen LogP contribution in [0.25, 0.3) is 0 Å². The fraction of sp³-hybridized carbons (Fsp3) is 0.560. The van der Waals surface area contributed by atoms with Crippen LogP contribution in [0.5, 0.6) is 0 Å². The fourth-order valence-electron chi connectivity index (χ4n) is 3.70. The van der Waals surface area contributed by atoms with Crippen LogP contribution in [0.1, 0.15) is 54.5 Å². The quantitative estimate of drug-likeness (QED) is 0.430. The SMILES string of the molecule is C/C(=C\CSCC([NH3+])C(=O)[O-])CC/C=C(\C)CN(C)c1c(C)c(C)c(C)c(C)c1C. The van der Waals surface area contributed by atoms with Crippen LogP contribution in [-0.4, -0.2) is 37.1 Å². The number of carbonyl (C=O) groups excluding carboxylic acids is 1. The molecule has 0 spiro atoms. The number of hydrogen-bond acceptors (Lipinski definition) is 4. The van der Waals surface area contributed by atoms with E-state index in [2.05, 4.69) is 78.3 Å². The van der Waals surface area contributed by atoms with Crippen molar-refractivity contribution in [1.82, 2.24) is 0 Å². The van der Waals surface area contributed by atoms with Gasteiger partial charge in [0.15, 0.2) is 0 Å². The van der Waals surface area contributed by atoms with Gasteiger partial charge in [-0.2, -0.15) is 11.8 Å². The maximum atomic E-state index is 10.7. The Balaban J connectivity index is 2.60. The van der Waals surface area contributed by atoms with Crippen LogP contribution in [0.2, 0.25) is 0 Å². The summed E-state index contributed by atoms with van der Waals surface area (Å²) in [6.07, 6.45) is 6.57. The summed E-state index contributed by atoms with van der Waals surface area (Å²) in [7, 11) is 2.19. The second-order valence-corrected chi connectivity index (χ2v) is 9.60. The minimum Gasteiger partial charge on any atom is -0.544 e. The van der Waals surface area contributed by atoms with E-state index in [4.69, 9.17) is 0 Å². The van der Waals surface area contributed by atoms with E-state index in [1.54, 1.807) is 11.8 Å². The topological polar surface area (TPSA) is 71.0 Å². The Morgan fingerprint density at radius 3 is 2.07 bits per heavy atom. The van der Waals surface area contributed by atoms with Gasteiger partial charge in [0.25, 0.3) is 0 Å². The third kappa shape index (κ3) is 7.51. The number of anilines is 1. The molecule has 1 rings (SSSR count). The zero-order valence-electron chi connectivity index (χ0n) is 20.1. The molecule has 0 amide bonds. The van der Waals surface area contributed by atoms with Crippen molar-refractivity contribution in [3.8, 4) is 0 Å². The lowest BCUT2D eigenvalue weighted by Gasteiger charge is -2.27. The van der Waals surface area contributed by atoms with Crippen molar-refractivity contribution in [2.75, 3.05) is 30.0 Å². The molecular formula is C25H40N2O2S. The van der Waals surface area contributed by atoms with Crippen LogP contribution in [0, 0.1) is 34.6 Å². The standard InChI is InChI=1S/C25H40N2O2S/c1-16(12-13-30-15-23(26)25(28)29)10-9-11-17(2)14-27(8)24-21(6)19(4)18(3)20(5)22(24)7/h11-12,23H,9-10,13-15,26H2,1-8H3,(H,28,29)/b16-12+,17-11+. The van der Waals surface area contributed by atoms with E-state index >= 15 is 0 Å². The lowest BCUT2D eigenvalue weighted by molar-refractivity contribution is -0.431. The van der Waals surface area contributed by atoms with E-state index in [-0.39, 0.29) is 0 Å². The van der Waals surface area contributed by atoms with E-state index in [9.17, 15) is 9.90 Å². The molecule has 0 aliphatic rings. The Morgan fingerprint density at radius 1 is 1.00 bits per heavy atom. The number of likely N-dealkylation sites (N-methyl/N-ethyl adjacent to an activating group) is 1. The van der Waals surface area contributed by atoms with Crippen molar-refractivity contribution >= 4 is 23.4 Å². The number of allylic oxidation sites excluding steroid dienone is 2. The van der Waals surface area contributed by atoms with E-state index < -0.39 is 12.0 Å². The van der Waals surface area contributed by atoms with Crippen LogP contribution in [0.15, 0.2) is 23.3 Å². The number of carboxylic acids is 1. The third-order valence-electron chi connectivity index (χ3n) is 6.06. The monoisotopic (exact) mass is 432 g/mol. The van der Waals surface area contributed by atoms with Crippen LogP contribution >= 0.6 is 11.8 Å². The molecule has 0 heterocycles. The molecule has 0 bridgehead atoms. The first-order valence-electron chi connectivity index (χ1n) is 10.7. The Bertz CT molecular complexity index is 783. The highest BCUT2D eigenvalue weighted by atomic mass is 32.2. The molecule has 1 aromatic rings. The van der Waals surface area contributed by atoms with Crippen molar-refractivity contribution in [3.05, 3.63) is 51.1 Å². The smallest absolute Gasteiger partial charge is 0.134 e. The first-order chi connectivity index (χ1) is 14.0. The molecule has 1 unspecified atom stereocenters. The van der Waals surface area contributed by atoms with Crippen LogP contribution in [0.3, 0.4) is 0 Å². The lowest BCUT2D eigenvalue weighted by atomic mass is 9.92. The maximum Gasteiger partial charge on any atom is 0.134 e. The number of aliphatic carboxylic acids is 1. The minimum atomic E-state index is -1.07. The predicted octanol–water partition coefficient (Wildman–Crippen LogP) is 3.43. The van der Waals surface area contributed by atoms with Crippen molar-refractivity contribution < 1.29 is 15.6 Å². The molecular weight excluding hydrogens is 392 g/mol. The van der Waals surface area contributed by atoms with Gasteiger partial charge in [-0.05, 0) is 89.1 Å². The van der Waals surface area contributed by atoms with Gasteiger partial charge in [0.05, 0.1) is 11.7 Å². The van der Waals surface area contributed by atoms with E-state index in [0.717, 1.165) is 25.1 Å². The highest BCUT2D eigenvalue weighted by molar-refractivity contribution is 7.99. The van der Waals surface area contributed by atoms with Gasteiger partial charge >= 0.3 is 0 Å². The molecule has 0 aliphatic carbocycles. The molecule has 0 saturated heterocycles. The molecule has 0 radical (unpaired) electrons. The van der Waals surface area contributed by atoms with Crippen LogP contribution < -0.4 is 15.7 Å². The first kappa shape index (κ1) is 26.3. The van der Waals surface area contributed by atoms with Crippen molar-refractivity contribution in [2.45, 2.75) is 67.3 Å². The predicted molar refractivity (Wildman–Crippen MR) is 129 cm³/mol. The van der Waals surface area contributed by atoms with Gasteiger partial charge in [-0.25, -0.2) is 0 Å². The normalized spacial score (nSPS) is 13.5. The highest BCUT2D eigenvalue weighted by Crippen LogP contribution is 2.32. The van der Waals surface area contributed by atoms with Gasteiger partial charge in [0.1, 0.15) is 6.04 Å².